The van der Waals surface area contributed by atoms with Crippen molar-refractivity contribution in [3.05, 3.63) is 236 Å². The number of benzene rings is 1. The van der Waals surface area contributed by atoms with Crippen molar-refractivity contribution in [2.45, 2.75) is 34.6 Å². The van der Waals surface area contributed by atoms with E-state index in [1.165, 1.54) is 17.5 Å². The predicted octanol–water partition coefficient (Wildman–Crippen LogP) is 9.94. The maximum atomic E-state index is 4.58. The number of hydrogen-bond acceptors (Lipinski definition) is 11. The minimum absolute atomic E-state index is 0.968. The summed E-state index contributed by atoms with van der Waals surface area (Å²) in [4.78, 5) is 28.9. The summed E-state index contributed by atoms with van der Waals surface area (Å²) in [6, 6.07) is 33.5. The number of thiophene rings is 1. The molecule has 0 unspecified atom stereocenters. The Labute approximate surface area is 357 Å². The maximum absolute atomic E-state index is 4.58. The van der Waals surface area contributed by atoms with Crippen molar-refractivity contribution >= 4 is 11.3 Å². The highest BCUT2D eigenvalue weighted by Gasteiger charge is 1.76. The molecule has 9 heterocycles. The molecule has 0 aliphatic carbocycles. The molecule has 0 amide bonds. The molecule has 1 aromatic carbocycles. The van der Waals surface area contributed by atoms with Crippen molar-refractivity contribution in [2.24, 2.45) is 7.05 Å². The Morgan fingerprint density at radius 3 is 1.52 bits per heavy atom. The topological polar surface area (TPSA) is 181 Å². The lowest BCUT2D eigenvalue weighted by atomic mass is 10.3. The second kappa shape index (κ2) is 38.2. The summed E-state index contributed by atoms with van der Waals surface area (Å²) in [6.07, 6.45) is 25.9. The van der Waals surface area contributed by atoms with Crippen LogP contribution in [0.25, 0.3) is 0 Å². The molecule has 60 heavy (non-hydrogen) atoms. The Kier molecular flexibility index (Phi) is 32.1. The van der Waals surface area contributed by atoms with Crippen molar-refractivity contribution in [3.8, 4) is 0 Å². The first kappa shape index (κ1) is 50.4. The highest BCUT2D eigenvalue weighted by molar-refractivity contribution is 7.07. The number of nitrogens with zero attached hydrogens (tertiary/aromatic N) is 10. The van der Waals surface area contributed by atoms with E-state index >= 15 is 0 Å². The normalized spacial score (nSPS) is 8.50. The van der Waals surface area contributed by atoms with Crippen LogP contribution in [0.3, 0.4) is 0 Å². The molecule has 10 aromatic rings. The number of aryl methyl sites for hydroxylation is 6. The van der Waals surface area contributed by atoms with Crippen molar-refractivity contribution in [2.75, 3.05) is 0 Å². The molecule has 0 saturated carbocycles. The molecule has 0 atom stereocenters. The quantitative estimate of drug-likeness (QED) is 0.133. The molecule has 0 fully saturated rings. The van der Waals surface area contributed by atoms with Gasteiger partial charge in [-0.25, -0.2) is 15.0 Å². The Morgan fingerprint density at radius 1 is 0.583 bits per heavy atom. The highest BCUT2D eigenvalue weighted by atomic mass is 32.1. The van der Waals surface area contributed by atoms with E-state index in [0.29, 0.717) is 0 Å². The summed E-state index contributed by atoms with van der Waals surface area (Å²) in [5, 5.41) is 16.2. The Bertz CT molecular complexity index is 1830. The second-order valence-electron chi connectivity index (χ2n) is 11.5. The zero-order valence-corrected chi connectivity index (χ0v) is 35.7. The number of aromatic amines is 3. The molecule has 0 radical (unpaired) electrons. The van der Waals surface area contributed by atoms with Gasteiger partial charge >= 0.3 is 0 Å². The van der Waals surface area contributed by atoms with E-state index in [1.54, 1.807) is 86.1 Å². The van der Waals surface area contributed by atoms with Crippen molar-refractivity contribution in [3.63, 3.8) is 0 Å². The minimum atomic E-state index is 0.968. The van der Waals surface area contributed by atoms with Crippen LogP contribution in [-0.4, -0.2) is 65.1 Å². The molecule has 15 heteroatoms. The van der Waals surface area contributed by atoms with Crippen molar-refractivity contribution in [1.29, 1.82) is 0 Å². The molecule has 0 aliphatic rings. The van der Waals surface area contributed by atoms with E-state index in [-0.39, 0.29) is 0 Å². The molecule has 14 nitrogen and oxygen atoms in total. The summed E-state index contributed by atoms with van der Waals surface area (Å²) in [5.74, 6) is 0.968. The first-order valence-corrected chi connectivity index (χ1v) is 19.4. The standard InChI is InChI=1S/3C6H7N.C6H6.3C4H6N2.C4H4O.C4H4S.CH2N4/c1-6-2-4-7-5-3-6;1-6-3-2-4-7-5-6;1-6-4-2-3-5-7-6;1-2-4-6-5-3-1;1-4-2-5-3-6-4;1-6-3-2-5-4-6;1-4-5-2-3-6-4;3*1-2-4-5-3-1/h3*2-5H,1H3;1-6H;2-3H,1H3,(H,5,6);2-4H,1H3;2-3H,1H3,(H,5,6);2*1-4H;1H,(H,2,3,4,5). The Balaban J connectivity index is 0.000000334. The van der Waals surface area contributed by atoms with E-state index < -0.39 is 0 Å². The highest BCUT2D eigenvalue weighted by Crippen LogP contribution is 1.92. The van der Waals surface area contributed by atoms with Gasteiger partial charge in [0.05, 0.1) is 25.2 Å². The molecule has 0 aliphatic heterocycles. The minimum Gasteiger partial charge on any atom is -0.473 e. The third-order valence-electron chi connectivity index (χ3n) is 6.16. The van der Waals surface area contributed by atoms with Gasteiger partial charge in [0.2, 0.25) is 0 Å². The monoisotopic (exact) mass is 825 g/mol. The summed E-state index contributed by atoms with van der Waals surface area (Å²) in [7, 11) is 1.94. The Morgan fingerprint density at radius 2 is 1.30 bits per heavy atom. The van der Waals surface area contributed by atoms with Crippen LogP contribution in [0, 0.1) is 34.6 Å². The van der Waals surface area contributed by atoms with Crippen molar-refractivity contribution < 1.29 is 4.42 Å². The number of rotatable bonds is 0. The third kappa shape index (κ3) is 36.0. The molecule has 9 aromatic heterocycles. The summed E-state index contributed by atoms with van der Waals surface area (Å²) < 4.78 is 6.47. The van der Waals surface area contributed by atoms with Gasteiger partial charge in [-0.2, -0.15) is 16.6 Å². The molecule has 10 rings (SSSR count). The van der Waals surface area contributed by atoms with E-state index in [9.17, 15) is 0 Å². The molecule has 0 saturated heterocycles. The van der Waals surface area contributed by atoms with Crippen LogP contribution >= 0.6 is 11.3 Å². The van der Waals surface area contributed by atoms with Crippen LogP contribution in [0.4, 0.5) is 0 Å². The van der Waals surface area contributed by atoms with Crippen LogP contribution in [0.5, 0.6) is 0 Å². The molecular weight excluding hydrogens is 771 g/mol. The van der Waals surface area contributed by atoms with Gasteiger partial charge in [0.15, 0.2) is 6.33 Å². The Hall–Kier alpha value is -7.65. The summed E-state index contributed by atoms with van der Waals surface area (Å²) in [6.45, 7) is 9.92. The van der Waals surface area contributed by atoms with Gasteiger partial charge in [-0.15, -0.1) is 10.2 Å². The van der Waals surface area contributed by atoms with Gasteiger partial charge in [0.25, 0.3) is 0 Å². The lowest BCUT2D eigenvalue weighted by Gasteiger charge is -1.82. The van der Waals surface area contributed by atoms with E-state index in [0.717, 1.165) is 17.2 Å². The molecule has 0 spiro atoms. The lowest BCUT2D eigenvalue weighted by molar-refractivity contribution is 0.567. The summed E-state index contributed by atoms with van der Waals surface area (Å²) in [5.41, 5.74) is 4.65. The second-order valence-corrected chi connectivity index (χ2v) is 12.3. The van der Waals surface area contributed by atoms with E-state index in [1.807, 2.05) is 173 Å². The maximum Gasteiger partial charge on any atom is 0.161 e. The average Bonchev–Trinajstić information content (AvgIpc) is 4.13. The van der Waals surface area contributed by atoms with Crippen molar-refractivity contribution in [1.82, 2.24) is 65.1 Å². The number of nitrogens with one attached hydrogen (secondary N) is 3. The van der Waals surface area contributed by atoms with Crippen LogP contribution in [0.1, 0.15) is 28.3 Å². The van der Waals surface area contributed by atoms with Gasteiger partial charge in [0.1, 0.15) is 5.82 Å². The van der Waals surface area contributed by atoms with Crippen LogP contribution in [0.2, 0.25) is 0 Å². The fourth-order valence-corrected chi connectivity index (χ4v) is 3.74. The summed E-state index contributed by atoms with van der Waals surface area (Å²) >= 11 is 1.71. The fourth-order valence-electron chi connectivity index (χ4n) is 3.29. The fraction of sp³-hybridized carbons (Fsp3) is 0.133. The number of aromatic nitrogens is 13. The zero-order chi connectivity index (χ0) is 43.4. The molecule has 312 valence electrons. The number of H-pyrrole nitrogens is 3. The largest absolute Gasteiger partial charge is 0.473 e. The van der Waals surface area contributed by atoms with Gasteiger partial charge < -0.3 is 19.0 Å². The van der Waals surface area contributed by atoms with Crippen LogP contribution < -0.4 is 0 Å². The van der Waals surface area contributed by atoms with Gasteiger partial charge in [-0.1, -0.05) is 65.9 Å². The van der Waals surface area contributed by atoms with Gasteiger partial charge in [-0.3, -0.25) is 15.0 Å². The first-order valence-electron chi connectivity index (χ1n) is 18.4. The molecule has 0 bridgehead atoms. The predicted molar refractivity (Wildman–Crippen MR) is 240 cm³/mol. The van der Waals surface area contributed by atoms with Crippen LogP contribution in [-0.2, 0) is 7.05 Å². The molecular formula is C45H55N13OS. The first-order chi connectivity index (χ1) is 29.4. The van der Waals surface area contributed by atoms with E-state index in [4.69, 9.17) is 0 Å². The number of pyridine rings is 3. The number of hydrogen-bond donors (Lipinski definition) is 3. The van der Waals surface area contributed by atoms with Crippen LogP contribution in [0.15, 0.2) is 212 Å². The number of tetrazole rings is 1. The molecule has 3 N–H and O–H groups in total. The third-order valence-corrected chi connectivity index (χ3v) is 6.79. The smallest absolute Gasteiger partial charge is 0.161 e. The number of imidazole rings is 3. The van der Waals surface area contributed by atoms with E-state index in [2.05, 4.69) is 64.9 Å². The SMILES string of the molecule is Cc1ccccn1.Cc1cccnc1.Cc1ccncc1.Cc1cnc[nH]1.Cc1ncc[nH]1.Cn1ccnc1.c1ccccc1.c1ccoc1.c1ccsc1.c1nn[nH]n1. The zero-order valence-electron chi connectivity index (χ0n) is 34.9. The number of furan rings is 1. The average molecular weight is 826 g/mol. The van der Waals surface area contributed by atoms with Gasteiger partial charge in [-0.05, 0) is 99.0 Å². The lowest BCUT2D eigenvalue weighted by Crippen LogP contribution is -1.76. The van der Waals surface area contributed by atoms with Gasteiger partial charge in [0, 0.05) is 80.4 Å².